The average molecular weight is 239 g/mol. The number of hydrogen-bond acceptors (Lipinski definition) is 4. The fraction of sp³-hybridized carbons (Fsp3) is 0. The van der Waals surface area contributed by atoms with Crippen LogP contribution in [0.4, 0.5) is 0 Å². The van der Waals surface area contributed by atoms with Gasteiger partial charge in [-0.3, -0.25) is 0 Å². The second-order valence-corrected chi connectivity index (χ2v) is 1.22. The van der Waals surface area contributed by atoms with Crippen LogP contribution in [0.5, 0.6) is 0 Å². The fourth-order valence-electron chi connectivity index (χ4n) is 0. The summed E-state index contributed by atoms with van der Waals surface area (Å²) in [6.45, 7) is 0. The Morgan fingerprint density at radius 3 is 0.615 bits per heavy atom. The first kappa shape index (κ1) is 17.5. The van der Waals surface area contributed by atoms with Gasteiger partial charge >= 0.3 is 23.9 Å². The van der Waals surface area contributed by atoms with Crippen molar-refractivity contribution >= 4 is 23.9 Å². The van der Waals surface area contributed by atoms with Gasteiger partial charge in [0.05, 0.1) is 0 Å². The van der Waals surface area contributed by atoms with Gasteiger partial charge < -0.3 is 20.4 Å². The molecule has 13 heavy (non-hydrogen) atoms. The van der Waals surface area contributed by atoms with Gasteiger partial charge in [0, 0.05) is 16.5 Å². The van der Waals surface area contributed by atoms with E-state index in [9.17, 15) is 0 Å². The summed E-state index contributed by atoms with van der Waals surface area (Å²) in [6, 6.07) is 0. The van der Waals surface area contributed by atoms with Crippen molar-refractivity contribution in [1.29, 1.82) is 0 Å². The zero-order chi connectivity index (χ0) is 10.3. The zero-order valence-corrected chi connectivity index (χ0v) is 6.73. The van der Waals surface area contributed by atoms with Crippen LogP contribution in [-0.2, 0) is 35.7 Å². The third-order valence-electron chi connectivity index (χ3n) is 0.366. The number of hydrogen-bond donors (Lipinski definition) is 4. The van der Waals surface area contributed by atoms with Gasteiger partial charge in [0.15, 0.2) is 0 Å². The largest absolute Gasteiger partial charge is 0.473 e. The average Bonchev–Trinajstić information content (AvgIpc) is 1.88. The van der Waals surface area contributed by atoms with E-state index in [-0.39, 0.29) is 16.5 Å². The molecule has 0 fully saturated rings. The van der Waals surface area contributed by atoms with E-state index in [0.717, 1.165) is 0 Å². The van der Waals surface area contributed by atoms with Crippen LogP contribution in [-0.4, -0.2) is 44.3 Å². The molecule has 0 amide bonds. The van der Waals surface area contributed by atoms with Crippen LogP contribution in [0.1, 0.15) is 0 Å². The molecule has 0 aromatic carbocycles. The Bertz CT molecular complexity index is 172. The van der Waals surface area contributed by atoms with Crippen molar-refractivity contribution in [2.75, 3.05) is 0 Å². The molecule has 0 aliphatic carbocycles. The van der Waals surface area contributed by atoms with Crippen LogP contribution in [0.2, 0.25) is 0 Å². The Hall–Kier alpha value is -1.63. The van der Waals surface area contributed by atoms with Crippen LogP contribution < -0.4 is 0 Å². The van der Waals surface area contributed by atoms with Crippen molar-refractivity contribution in [3.8, 4) is 0 Å². The molecule has 9 heteroatoms. The maximum atomic E-state index is 9.10. The van der Waals surface area contributed by atoms with Crippen molar-refractivity contribution in [3.05, 3.63) is 0 Å². The number of carboxylic acids is 4. The van der Waals surface area contributed by atoms with Gasteiger partial charge in [-0.15, -0.1) is 0 Å². The van der Waals surface area contributed by atoms with E-state index >= 15 is 0 Å². The predicted octanol–water partition coefficient (Wildman–Crippen LogP) is -1.69. The van der Waals surface area contributed by atoms with Gasteiger partial charge in [-0.1, -0.05) is 0 Å². The molecular weight excluding hydrogens is 235 g/mol. The number of aliphatic carboxylic acids is 4. The van der Waals surface area contributed by atoms with Gasteiger partial charge in [-0.05, 0) is 0 Å². The molecule has 0 aromatic heterocycles. The SMILES string of the molecule is O=C(O)C(=O)O.O=C(O)C(=O)O.[Ni]. The Kier molecular flexibility index (Phi) is 11.4. The van der Waals surface area contributed by atoms with Gasteiger partial charge in [0.1, 0.15) is 0 Å². The van der Waals surface area contributed by atoms with Crippen LogP contribution in [0.15, 0.2) is 0 Å². The molecule has 0 atom stereocenters. The molecule has 0 heterocycles. The molecule has 0 spiro atoms. The number of rotatable bonds is 0. The topological polar surface area (TPSA) is 149 Å². The fourth-order valence-corrected chi connectivity index (χ4v) is 0. The first-order valence-electron chi connectivity index (χ1n) is 2.21. The second-order valence-electron chi connectivity index (χ2n) is 1.22. The van der Waals surface area contributed by atoms with Gasteiger partial charge in [0.2, 0.25) is 0 Å². The summed E-state index contributed by atoms with van der Waals surface area (Å²) in [4.78, 5) is 36.4. The molecule has 8 nitrogen and oxygen atoms in total. The van der Waals surface area contributed by atoms with Gasteiger partial charge in [-0.2, -0.15) is 0 Å². The van der Waals surface area contributed by atoms with Crippen molar-refractivity contribution in [2.45, 2.75) is 0 Å². The van der Waals surface area contributed by atoms with Crippen LogP contribution >= 0.6 is 0 Å². The summed E-state index contributed by atoms with van der Waals surface area (Å²) in [5.41, 5.74) is 0. The molecular formula is C4H4NiO8. The van der Waals surface area contributed by atoms with E-state index in [4.69, 9.17) is 39.6 Å². The first-order chi connectivity index (χ1) is 5.29. The third-order valence-corrected chi connectivity index (χ3v) is 0.366. The standard InChI is InChI=1S/2C2H2O4.Ni/c2*3-1(4)2(5)6;/h2*(H,3,4)(H,5,6);. The summed E-state index contributed by atoms with van der Waals surface area (Å²) < 4.78 is 0. The Morgan fingerprint density at radius 1 is 0.538 bits per heavy atom. The van der Waals surface area contributed by atoms with E-state index in [1.807, 2.05) is 0 Å². The molecule has 0 saturated carbocycles. The van der Waals surface area contributed by atoms with E-state index < -0.39 is 23.9 Å². The Morgan fingerprint density at radius 2 is 0.615 bits per heavy atom. The molecule has 0 saturated heterocycles. The van der Waals surface area contributed by atoms with Crippen LogP contribution in [0, 0.1) is 0 Å². The van der Waals surface area contributed by atoms with E-state index in [1.165, 1.54) is 0 Å². The van der Waals surface area contributed by atoms with Crippen molar-refractivity contribution in [2.24, 2.45) is 0 Å². The zero-order valence-electron chi connectivity index (χ0n) is 5.74. The molecule has 0 aliphatic heterocycles. The van der Waals surface area contributed by atoms with E-state index in [1.54, 1.807) is 0 Å². The maximum absolute atomic E-state index is 9.10. The minimum Gasteiger partial charge on any atom is -0.473 e. The summed E-state index contributed by atoms with van der Waals surface area (Å²) in [6.07, 6.45) is 0. The summed E-state index contributed by atoms with van der Waals surface area (Å²) in [7, 11) is 0. The van der Waals surface area contributed by atoms with Crippen LogP contribution in [0.25, 0.3) is 0 Å². The quantitative estimate of drug-likeness (QED) is 0.288. The smallest absolute Gasteiger partial charge is 0.414 e. The molecule has 0 rings (SSSR count). The Balaban J connectivity index is -0.000000143. The minimum atomic E-state index is -1.82. The monoisotopic (exact) mass is 238 g/mol. The normalized spacial score (nSPS) is 6.77. The summed E-state index contributed by atoms with van der Waals surface area (Å²) in [5.74, 6) is -7.30. The van der Waals surface area contributed by atoms with Crippen molar-refractivity contribution in [3.63, 3.8) is 0 Å². The summed E-state index contributed by atoms with van der Waals surface area (Å²) in [5, 5.41) is 29.6. The summed E-state index contributed by atoms with van der Waals surface area (Å²) >= 11 is 0. The molecule has 0 radical (unpaired) electrons. The molecule has 0 aliphatic rings. The molecule has 4 N–H and O–H groups in total. The number of carbonyl (C=O) groups is 4. The van der Waals surface area contributed by atoms with Crippen molar-refractivity contribution in [1.82, 2.24) is 0 Å². The molecule has 78 valence electrons. The second kappa shape index (κ2) is 8.47. The maximum Gasteiger partial charge on any atom is 0.414 e. The van der Waals surface area contributed by atoms with Gasteiger partial charge in [0.25, 0.3) is 0 Å². The Labute approximate surface area is 80.7 Å². The third kappa shape index (κ3) is 17.9. The minimum absolute atomic E-state index is 0. The van der Waals surface area contributed by atoms with Crippen molar-refractivity contribution < 1.29 is 56.1 Å². The van der Waals surface area contributed by atoms with E-state index in [0.29, 0.717) is 0 Å². The molecule has 0 unspecified atom stereocenters. The molecule has 0 bridgehead atoms. The number of carboxylic acid groups (broad SMARTS) is 4. The predicted molar refractivity (Wildman–Crippen MR) is 30.5 cm³/mol. The van der Waals surface area contributed by atoms with Crippen LogP contribution in [0.3, 0.4) is 0 Å². The van der Waals surface area contributed by atoms with Gasteiger partial charge in [-0.25, -0.2) is 19.2 Å². The first-order valence-corrected chi connectivity index (χ1v) is 2.21. The molecule has 0 aromatic rings. The van der Waals surface area contributed by atoms with E-state index in [2.05, 4.69) is 0 Å².